The quantitative estimate of drug-likeness (QED) is 0.324. The van der Waals surface area contributed by atoms with Crippen molar-refractivity contribution >= 4 is 11.9 Å². The molecule has 154 valence electrons. The summed E-state index contributed by atoms with van der Waals surface area (Å²) in [6, 6.07) is 8.30. The van der Waals surface area contributed by atoms with Crippen molar-refractivity contribution in [2.45, 2.75) is 96.8 Å². The van der Waals surface area contributed by atoms with Gasteiger partial charge in [0.15, 0.2) is 0 Å². The van der Waals surface area contributed by atoms with Crippen LogP contribution in [0.5, 0.6) is 0 Å². The summed E-state index contributed by atoms with van der Waals surface area (Å²) in [6.45, 7) is 2.26. The molecule has 2 N–H and O–H groups in total. The van der Waals surface area contributed by atoms with Crippen LogP contribution in [0, 0.1) is 0 Å². The lowest BCUT2D eigenvalue weighted by atomic mass is 10.0. The van der Waals surface area contributed by atoms with Gasteiger partial charge in [-0.1, -0.05) is 102 Å². The number of rotatable bonds is 15. The topological polar surface area (TPSA) is 74.6 Å². The maximum atomic E-state index is 10.3. The molecule has 0 saturated heterocycles. The molecule has 0 fully saturated rings. The van der Waals surface area contributed by atoms with Gasteiger partial charge in [-0.3, -0.25) is 4.79 Å². The fourth-order valence-corrected chi connectivity index (χ4v) is 2.87. The highest BCUT2D eigenvalue weighted by atomic mass is 16.4. The molecule has 0 radical (unpaired) electrons. The average molecular weight is 379 g/mol. The average Bonchev–Trinajstić information content (AvgIpc) is 2.66. The minimum absolute atomic E-state index is 0.331. The van der Waals surface area contributed by atoms with Crippen molar-refractivity contribution in [3.8, 4) is 0 Å². The number of carboxylic acid groups (broad SMARTS) is 2. The molecule has 1 rings (SSSR count). The van der Waals surface area contributed by atoms with Crippen LogP contribution in [0.25, 0.3) is 0 Å². The first-order valence-electron chi connectivity index (χ1n) is 10.6. The van der Waals surface area contributed by atoms with Gasteiger partial charge in [-0.2, -0.15) is 0 Å². The predicted octanol–water partition coefficient (Wildman–Crippen LogP) is 6.94. The molecular weight excluding hydrogens is 340 g/mol. The van der Waals surface area contributed by atoms with Crippen molar-refractivity contribution in [1.29, 1.82) is 0 Å². The summed E-state index contributed by atoms with van der Waals surface area (Å²) < 4.78 is 0. The van der Waals surface area contributed by atoms with E-state index in [1.54, 1.807) is 30.3 Å². The molecule has 0 aliphatic heterocycles. The Bertz CT molecular complexity index is 471. The molecule has 0 aliphatic rings. The highest BCUT2D eigenvalue weighted by Gasteiger charge is 1.97. The lowest BCUT2D eigenvalue weighted by molar-refractivity contribution is -0.137. The summed E-state index contributed by atoms with van der Waals surface area (Å²) >= 11 is 0. The molecule has 4 nitrogen and oxygen atoms in total. The van der Waals surface area contributed by atoms with Gasteiger partial charge in [0.05, 0.1) is 5.56 Å². The number of benzene rings is 1. The lowest BCUT2D eigenvalue weighted by Crippen LogP contribution is -1.93. The van der Waals surface area contributed by atoms with Gasteiger partial charge >= 0.3 is 11.9 Å². The lowest BCUT2D eigenvalue weighted by Gasteiger charge is -2.02. The maximum absolute atomic E-state index is 10.3. The van der Waals surface area contributed by atoms with Gasteiger partial charge in [0.1, 0.15) is 0 Å². The summed E-state index contributed by atoms with van der Waals surface area (Å²) in [5, 5.41) is 16.9. The predicted molar refractivity (Wildman–Crippen MR) is 111 cm³/mol. The van der Waals surface area contributed by atoms with E-state index in [1.165, 1.54) is 70.6 Å². The molecule has 1 aromatic rings. The zero-order valence-corrected chi connectivity index (χ0v) is 17.0. The molecular formula is C23H38O4. The number of carbonyl (C=O) groups is 2. The Kier molecular flexibility index (Phi) is 17.6. The molecule has 0 spiro atoms. The third kappa shape index (κ3) is 18.7. The second kappa shape index (κ2) is 18.9. The van der Waals surface area contributed by atoms with Crippen molar-refractivity contribution in [3.63, 3.8) is 0 Å². The van der Waals surface area contributed by atoms with Crippen molar-refractivity contribution in [1.82, 2.24) is 0 Å². The highest BCUT2D eigenvalue weighted by molar-refractivity contribution is 5.87. The van der Waals surface area contributed by atoms with Crippen LogP contribution in [0.15, 0.2) is 30.3 Å². The van der Waals surface area contributed by atoms with Crippen LogP contribution in [0.2, 0.25) is 0 Å². The summed E-state index contributed by atoms with van der Waals surface area (Å²) in [6.07, 6.45) is 17.3. The van der Waals surface area contributed by atoms with Gasteiger partial charge in [-0.25, -0.2) is 4.79 Å². The number of hydrogen-bond donors (Lipinski definition) is 2. The van der Waals surface area contributed by atoms with Gasteiger partial charge in [0.25, 0.3) is 0 Å². The number of aromatic carboxylic acids is 1. The summed E-state index contributed by atoms with van der Waals surface area (Å²) in [5.41, 5.74) is 0.331. The second-order valence-electron chi connectivity index (χ2n) is 7.06. The van der Waals surface area contributed by atoms with E-state index >= 15 is 0 Å². The van der Waals surface area contributed by atoms with Gasteiger partial charge < -0.3 is 10.2 Å². The summed E-state index contributed by atoms with van der Waals surface area (Å²) in [7, 11) is 0. The van der Waals surface area contributed by atoms with Crippen molar-refractivity contribution in [2.24, 2.45) is 0 Å². The highest BCUT2D eigenvalue weighted by Crippen LogP contribution is 2.12. The van der Waals surface area contributed by atoms with E-state index in [0.29, 0.717) is 12.0 Å². The zero-order valence-electron chi connectivity index (χ0n) is 17.0. The Morgan fingerprint density at radius 2 is 1.07 bits per heavy atom. The van der Waals surface area contributed by atoms with E-state index in [4.69, 9.17) is 10.2 Å². The van der Waals surface area contributed by atoms with Gasteiger partial charge in [-0.05, 0) is 18.6 Å². The molecule has 0 amide bonds. The number of hydrogen-bond acceptors (Lipinski definition) is 2. The van der Waals surface area contributed by atoms with Crippen LogP contribution >= 0.6 is 0 Å². The largest absolute Gasteiger partial charge is 0.481 e. The smallest absolute Gasteiger partial charge is 0.335 e. The van der Waals surface area contributed by atoms with E-state index in [-0.39, 0.29) is 0 Å². The van der Waals surface area contributed by atoms with Crippen LogP contribution in [0.4, 0.5) is 0 Å². The van der Waals surface area contributed by atoms with E-state index in [0.717, 1.165) is 12.8 Å². The molecule has 0 bridgehead atoms. The van der Waals surface area contributed by atoms with E-state index in [1.807, 2.05) is 0 Å². The zero-order chi connectivity index (χ0) is 20.2. The summed E-state index contributed by atoms with van der Waals surface area (Å²) in [5.74, 6) is -1.53. The SMILES string of the molecule is CCCCCCCCCCCCCCCC(=O)O.O=C(O)c1ccccc1. The first-order chi connectivity index (χ1) is 13.1. The van der Waals surface area contributed by atoms with Crippen LogP contribution in [-0.4, -0.2) is 22.2 Å². The Morgan fingerprint density at radius 3 is 1.41 bits per heavy atom. The Morgan fingerprint density at radius 1 is 0.667 bits per heavy atom. The molecule has 0 saturated carbocycles. The minimum Gasteiger partial charge on any atom is -0.481 e. The first kappa shape index (κ1) is 25.2. The molecule has 0 heterocycles. The van der Waals surface area contributed by atoms with Crippen LogP contribution in [0.1, 0.15) is 107 Å². The second-order valence-corrected chi connectivity index (χ2v) is 7.06. The Balaban J connectivity index is 0.000000621. The van der Waals surface area contributed by atoms with Gasteiger partial charge in [-0.15, -0.1) is 0 Å². The number of unbranched alkanes of at least 4 members (excludes halogenated alkanes) is 12. The Hall–Kier alpha value is -1.84. The molecule has 1 aromatic carbocycles. The first-order valence-corrected chi connectivity index (χ1v) is 10.6. The molecule has 0 atom stereocenters. The van der Waals surface area contributed by atoms with Gasteiger partial charge in [0.2, 0.25) is 0 Å². The monoisotopic (exact) mass is 378 g/mol. The van der Waals surface area contributed by atoms with Crippen molar-refractivity contribution < 1.29 is 19.8 Å². The minimum atomic E-state index is -0.879. The summed E-state index contributed by atoms with van der Waals surface area (Å²) in [4.78, 5) is 20.5. The number of carboxylic acids is 2. The molecule has 4 heteroatoms. The molecule has 27 heavy (non-hydrogen) atoms. The van der Waals surface area contributed by atoms with Crippen LogP contribution < -0.4 is 0 Å². The van der Waals surface area contributed by atoms with Gasteiger partial charge in [0, 0.05) is 6.42 Å². The Labute approximate surface area is 165 Å². The van der Waals surface area contributed by atoms with Crippen LogP contribution in [0.3, 0.4) is 0 Å². The molecule has 0 aromatic heterocycles. The normalized spacial score (nSPS) is 10.1. The number of aliphatic carboxylic acids is 1. The van der Waals surface area contributed by atoms with Crippen molar-refractivity contribution in [2.75, 3.05) is 0 Å². The fourth-order valence-electron chi connectivity index (χ4n) is 2.87. The fraction of sp³-hybridized carbons (Fsp3) is 0.652. The third-order valence-electron chi connectivity index (χ3n) is 4.51. The standard InChI is InChI=1S/C16H32O2.C7H6O2/c1-2-3-4-5-6-7-8-9-10-11-12-13-14-15-16(17)18;8-7(9)6-4-2-1-3-5-6/h2-15H2,1H3,(H,17,18);1-5H,(H,8,9). The van der Waals surface area contributed by atoms with Crippen molar-refractivity contribution in [3.05, 3.63) is 35.9 Å². The van der Waals surface area contributed by atoms with E-state index < -0.39 is 11.9 Å². The third-order valence-corrected chi connectivity index (χ3v) is 4.51. The van der Waals surface area contributed by atoms with E-state index in [9.17, 15) is 9.59 Å². The maximum Gasteiger partial charge on any atom is 0.335 e. The van der Waals surface area contributed by atoms with Crippen LogP contribution in [-0.2, 0) is 4.79 Å². The molecule has 0 unspecified atom stereocenters. The van der Waals surface area contributed by atoms with E-state index in [2.05, 4.69) is 6.92 Å². The molecule has 0 aliphatic carbocycles.